The van der Waals surface area contributed by atoms with Crippen molar-refractivity contribution in [3.8, 4) is 20.9 Å². The smallest absolute Gasteiger partial charge is 0.0410 e. The summed E-state index contributed by atoms with van der Waals surface area (Å²) in [4.78, 5) is 5.32. The maximum absolute atomic E-state index is 6.48. The molecule has 4 N–H and O–H groups in total. The molecule has 0 fully saturated rings. The molecule has 0 aliphatic rings. The molecule has 0 unspecified atom stereocenters. The molecule has 0 amide bonds. The Bertz CT molecular complexity index is 847. The van der Waals surface area contributed by atoms with Crippen LogP contribution in [0, 0.1) is 0 Å². The average molecular weight is 441 g/mol. The van der Waals surface area contributed by atoms with E-state index in [0.717, 1.165) is 35.3 Å². The van der Waals surface area contributed by atoms with Gasteiger partial charge in [-0.2, -0.15) is 0 Å². The van der Waals surface area contributed by atoms with E-state index in [4.69, 9.17) is 11.5 Å². The molecule has 0 saturated heterocycles. The largest absolute Gasteiger partial charge is 0.398 e. The second-order valence-corrected chi connectivity index (χ2v) is 10.5. The summed E-state index contributed by atoms with van der Waals surface area (Å²) >= 11 is 3.71. The van der Waals surface area contributed by atoms with Crippen molar-refractivity contribution in [3.63, 3.8) is 0 Å². The first-order valence-electron chi connectivity index (χ1n) is 11.5. The Kier molecular flexibility index (Phi) is 8.83. The summed E-state index contributed by atoms with van der Waals surface area (Å²) in [6, 6.07) is 13.0. The fraction of sp³-hybridized carbons (Fsp3) is 0.462. The quantitative estimate of drug-likeness (QED) is 0.219. The Labute approximate surface area is 190 Å². The third-order valence-corrected chi connectivity index (χ3v) is 7.99. The van der Waals surface area contributed by atoms with Gasteiger partial charge in [-0.15, -0.1) is 22.7 Å². The van der Waals surface area contributed by atoms with Gasteiger partial charge in [-0.3, -0.25) is 0 Å². The van der Waals surface area contributed by atoms with Gasteiger partial charge in [0.25, 0.3) is 0 Å². The fourth-order valence-electron chi connectivity index (χ4n) is 3.83. The van der Waals surface area contributed by atoms with Crippen LogP contribution in [0.2, 0.25) is 0 Å². The lowest BCUT2D eigenvalue weighted by Gasteiger charge is -2.10. The molecule has 0 bridgehead atoms. The predicted molar refractivity (Wildman–Crippen MR) is 138 cm³/mol. The number of thiophene rings is 2. The van der Waals surface area contributed by atoms with E-state index in [-0.39, 0.29) is 0 Å². The number of hydrogen-bond acceptors (Lipinski definition) is 4. The Morgan fingerprint density at radius 3 is 1.43 bits per heavy atom. The van der Waals surface area contributed by atoms with E-state index in [0.29, 0.717) is 0 Å². The Morgan fingerprint density at radius 1 is 0.600 bits per heavy atom. The van der Waals surface area contributed by atoms with Crippen molar-refractivity contribution in [2.75, 3.05) is 11.5 Å². The van der Waals surface area contributed by atoms with Crippen LogP contribution >= 0.6 is 22.7 Å². The number of hydrogen-bond donors (Lipinski definition) is 2. The first kappa shape index (κ1) is 22.9. The van der Waals surface area contributed by atoms with Gasteiger partial charge in [0.15, 0.2) is 0 Å². The van der Waals surface area contributed by atoms with Crippen molar-refractivity contribution in [2.45, 2.75) is 78.1 Å². The van der Waals surface area contributed by atoms with Gasteiger partial charge in [-0.1, -0.05) is 52.4 Å². The molecule has 2 heterocycles. The molecular weight excluding hydrogens is 404 g/mol. The molecule has 4 heteroatoms. The molecular formula is C26H36N2S2. The van der Waals surface area contributed by atoms with Crippen LogP contribution in [0.25, 0.3) is 20.9 Å². The van der Waals surface area contributed by atoms with Gasteiger partial charge >= 0.3 is 0 Å². The maximum atomic E-state index is 6.48. The monoisotopic (exact) mass is 440 g/mol. The standard InChI is InChI=1S/C26H36N2S2/c1-3-5-7-9-11-19-13-15-25(29-19)21-17-24(28)22(18-23(21)27)26-16-14-20(30-26)12-10-8-6-4-2/h13-18H,3-12,27-28H2,1-2H3. The third-order valence-electron chi connectivity index (χ3n) is 5.63. The van der Waals surface area contributed by atoms with E-state index in [1.807, 2.05) is 22.7 Å². The molecule has 0 atom stereocenters. The van der Waals surface area contributed by atoms with Crippen LogP contribution in [0.5, 0.6) is 0 Å². The summed E-state index contributed by atoms with van der Waals surface area (Å²) in [6.07, 6.45) is 12.7. The van der Waals surface area contributed by atoms with Crippen molar-refractivity contribution in [1.82, 2.24) is 0 Å². The summed E-state index contributed by atoms with van der Waals surface area (Å²) in [5.74, 6) is 0. The van der Waals surface area contributed by atoms with Gasteiger partial charge in [0, 0.05) is 42.0 Å². The zero-order valence-electron chi connectivity index (χ0n) is 18.5. The van der Waals surface area contributed by atoms with Crippen molar-refractivity contribution in [2.24, 2.45) is 0 Å². The molecule has 0 aliphatic heterocycles. The number of aryl methyl sites for hydroxylation is 2. The predicted octanol–water partition coefficient (Wildman–Crippen LogP) is 8.55. The van der Waals surface area contributed by atoms with Gasteiger partial charge in [-0.05, 0) is 62.1 Å². The third kappa shape index (κ3) is 6.12. The SMILES string of the molecule is CCCCCCc1ccc(-c2cc(N)c(-c3ccc(CCCCCC)s3)cc2N)s1. The van der Waals surface area contributed by atoms with Crippen molar-refractivity contribution in [3.05, 3.63) is 46.2 Å². The zero-order valence-corrected chi connectivity index (χ0v) is 20.1. The van der Waals surface area contributed by atoms with Gasteiger partial charge in [-0.25, -0.2) is 0 Å². The number of anilines is 2. The molecule has 0 spiro atoms. The van der Waals surface area contributed by atoms with Crippen LogP contribution in [-0.2, 0) is 12.8 Å². The lowest BCUT2D eigenvalue weighted by atomic mass is 10.0. The molecule has 0 saturated carbocycles. The average Bonchev–Trinajstić information content (AvgIpc) is 3.40. The maximum Gasteiger partial charge on any atom is 0.0410 e. The molecule has 30 heavy (non-hydrogen) atoms. The number of rotatable bonds is 12. The summed E-state index contributed by atoms with van der Waals surface area (Å²) in [5.41, 5.74) is 16.7. The topological polar surface area (TPSA) is 52.0 Å². The van der Waals surface area contributed by atoms with E-state index < -0.39 is 0 Å². The van der Waals surface area contributed by atoms with Gasteiger partial charge in [0.1, 0.15) is 0 Å². The first-order valence-corrected chi connectivity index (χ1v) is 13.1. The minimum atomic E-state index is 0.816. The molecule has 0 radical (unpaired) electrons. The highest BCUT2D eigenvalue weighted by molar-refractivity contribution is 7.16. The summed E-state index contributed by atoms with van der Waals surface area (Å²) in [5, 5.41) is 0. The minimum absolute atomic E-state index is 0.816. The number of nitrogen functional groups attached to an aromatic ring is 2. The molecule has 1 aromatic carbocycles. The summed E-state index contributed by atoms with van der Waals surface area (Å²) in [6.45, 7) is 4.51. The second-order valence-electron chi connectivity index (χ2n) is 8.18. The van der Waals surface area contributed by atoms with E-state index in [1.54, 1.807) is 0 Å². The van der Waals surface area contributed by atoms with Crippen LogP contribution in [-0.4, -0.2) is 0 Å². The number of benzene rings is 1. The van der Waals surface area contributed by atoms with Crippen molar-refractivity contribution in [1.29, 1.82) is 0 Å². The Morgan fingerprint density at radius 2 is 1.03 bits per heavy atom. The molecule has 3 rings (SSSR count). The van der Waals surface area contributed by atoms with Crippen LogP contribution in [0.15, 0.2) is 36.4 Å². The fourth-order valence-corrected chi connectivity index (χ4v) is 6.00. The highest BCUT2D eigenvalue weighted by Gasteiger charge is 2.13. The van der Waals surface area contributed by atoms with Crippen LogP contribution in [0.3, 0.4) is 0 Å². The highest BCUT2D eigenvalue weighted by Crippen LogP contribution is 2.40. The molecule has 3 aromatic rings. The summed E-state index contributed by atoms with van der Waals surface area (Å²) < 4.78 is 0. The lowest BCUT2D eigenvalue weighted by Crippen LogP contribution is -1.95. The zero-order chi connectivity index (χ0) is 21.3. The normalized spacial score (nSPS) is 11.3. The van der Waals surface area contributed by atoms with Gasteiger partial charge in [0.2, 0.25) is 0 Å². The highest BCUT2D eigenvalue weighted by atomic mass is 32.1. The number of nitrogens with two attached hydrogens (primary N) is 2. The molecule has 162 valence electrons. The van der Waals surface area contributed by atoms with Crippen LogP contribution in [0.4, 0.5) is 11.4 Å². The first-order chi connectivity index (χ1) is 14.6. The van der Waals surface area contributed by atoms with Gasteiger partial charge < -0.3 is 11.5 Å². The summed E-state index contributed by atoms with van der Waals surface area (Å²) in [7, 11) is 0. The molecule has 2 aromatic heterocycles. The Hall–Kier alpha value is -1.78. The van der Waals surface area contributed by atoms with Crippen LogP contribution < -0.4 is 11.5 Å². The lowest BCUT2D eigenvalue weighted by molar-refractivity contribution is 0.670. The Balaban J connectivity index is 1.70. The molecule has 2 nitrogen and oxygen atoms in total. The minimum Gasteiger partial charge on any atom is -0.398 e. The van der Waals surface area contributed by atoms with E-state index >= 15 is 0 Å². The van der Waals surface area contributed by atoms with Crippen molar-refractivity contribution < 1.29 is 0 Å². The molecule has 0 aliphatic carbocycles. The van der Waals surface area contributed by atoms with Crippen LogP contribution in [0.1, 0.15) is 75.0 Å². The van der Waals surface area contributed by atoms with E-state index in [1.165, 1.54) is 70.9 Å². The van der Waals surface area contributed by atoms with E-state index in [2.05, 4.69) is 50.2 Å². The van der Waals surface area contributed by atoms with Gasteiger partial charge in [0.05, 0.1) is 0 Å². The second kappa shape index (κ2) is 11.6. The van der Waals surface area contributed by atoms with E-state index in [9.17, 15) is 0 Å². The van der Waals surface area contributed by atoms with Crippen molar-refractivity contribution >= 4 is 34.0 Å². The number of unbranched alkanes of at least 4 members (excludes halogenated alkanes) is 6.